The number of carbonyl (C=O) groups excluding carboxylic acids is 1. The van der Waals surface area contributed by atoms with Gasteiger partial charge in [0, 0.05) is 72.5 Å². The van der Waals surface area contributed by atoms with E-state index in [1.54, 1.807) is 22.9 Å². The molecule has 216 valence electrons. The average molecular weight is 581 g/mol. The fraction of sp³-hybridized carbons (Fsp3) is 0.267. The Morgan fingerprint density at radius 2 is 1.88 bits per heavy atom. The quantitative estimate of drug-likeness (QED) is 0.195. The van der Waals surface area contributed by atoms with Crippen LogP contribution in [0.15, 0.2) is 65.8 Å². The number of rotatable bonds is 5. The molecule has 7 nitrogen and oxygen atoms in total. The first-order valence-electron chi connectivity index (χ1n) is 13.3. The fourth-order valence-electron chi connectivity index (χ4n) is 5.52. The zero-order valence-corrected chi connectivity index (χ0v) is 22.4. The number of likely N-dealkylation sites (tertiary alicyclic amines) is 1. The van der Waals surface area contributed by atoms with Crippen molar-refractivity contribution in [3.63, 3.8) is 0 Å². The summed E-state index contributed by atoms with van der Waals surface area (Å²) in [5, 5.41) is 13.4. The number of aromatic nitrogens is 4. The van der Waals surface area contributed by atoms with Crippen LogP contribution in [0, 0.1) is 23.5 Å². The molecule has 1 N–H and O–H groups in total. The third-order valence-corrected chi connectivity index (χ3v) is 7.57. The SMILES string of the molecule is Cn1cc2cc(-c3n[nH]c4ccc(C(=O)N=CC5CC(C(F)(F)F)CN(Cc6c(F)cccc6F)C5)cc34)ccc2n1. The predicted octanol–water partition coefficient (Wildman–Crippen LogP) is 6.31. The molecule has 0 bridgehead atoms. The van der Waals surface area contributed by atoms with E-state index in [0.29, 0.717) is 16.6 Å². The molecule has 0 radical (unpaired) electrons. The third-order valence-electron chi connectivity index (χ3n) is 7.57. The summed E-state index contributed by atoms with van der Waals surface area (Å²) in [5.74, 6) is -4.73. The Bertz CT molecular complexity index is 1800. The predicted molar refractivity (Wildman–Crippen MR) is 148 cm³/mol. The highest BCUT2D eigenvalue weighted by atomic mass is 19.4. The minimum Gasteiger partial charge on any atom is -0.298 e. The van der Waals surface area contributed by atoms with Crippen molar-refractivity contribution in [2.75, 3.05) is 13.1 Å². The summed E-state index contributed by atoms with van der Waals surface area (Å²) in [5.41, 5.74) is 2.94. The number of aromatic amines is 1. The highest BCUT2D eigenvalue weighted by Gasteiger charge is 2.44. The van der Waals surface area contributed by atoms with E-state index in [4.69, 9.17) is 0 Å². The van der Waals surface area contributed by atoms with Crippen LogP contribution in [0.3, 0.4) is 0 Å². The van der Waals surface area contributed by atoms with E-state index >= 15 is 0 Å². The third kappa shape index (κ3) is 5.54. The van der Waals surface area contributed by atoms with Crippen molar-refractivity contribution in [3.05, 3.63) is 83.6 Å². The van der Waals surface area contributed by atoms with Gasteiger partial charge >= 0.3 is 6.18 Å². The largest absolute Gasteiger partial charge is 0.393 e. The summed E-state index contributed by atoms with van der Waals surface area (Å²) >= 11 is 0. The lowest BCUT2D eigenvalue weighted by atomic mass is 9.89. The van der Waals surface area contributed by atoms with Crippen LogP contribution < -0.4 is 0 Å². The molecule has 5 aromatic rings. The molecule has 0 spiro atoms. The molecule has 12 heteroatoms. The average Bonchev–Trinajstić information content (AvgIpc) is 3.54. The Balaban J connectivity index is 1.23. The number of piperidine rings is 1. The minimum atomic E-state index is -4.51. The topological polar surface area (TPSA) is 79.2 Å². The molecule has 2 atom stereocenters. The summed E-state index contributed by atoms with van der Waals surface area (Å²) in [4.78, 5) is 18.4. The number of aliphatic imine (C=N–C) groups is 1. The summed E-state index contributed by atoms with van der Waals surface area (Å²) in [7, 11) is 1.83. The van der Waals surface area contributed by atoms with Crippen LogP contribution in [0.1, 0.15) is 22.3 Å². The van der Waals surface area contributed by atoms with Crippen LogP contribution in [0.2, 0.25) is 0 Å². The first-order valence-corrected chi connectivity index (χ1v) is 13.3. The first-order chi connectivity index (χ1) is 20.0. The van der Waals surface area contributed by atoms with Crippen molar-refractivity contribution < 1.29 is 26.7 Å². The van der Waals surface area contributed by atoms with E-state index < -0.39 is 42.1 Å². The Labute approximate surface area is 236 Å². The second-order valence-corrected chi connectivity index (χ2v) is 10.6. The highest BCUT2D eigenvalue weighted by molar-refractivity contribution is 6.04. The smallest absolute Gasteiger partial charge is 0.298 e. The molecule has 1 amide bonds. The van der Waals surface area contributed by atoms with Crippen LogP contribution >= 0.6 is 0 Å². The van der Waals surface area contributed by atoms with E-state index in [2.05, 4.69) is 20.3 Å². The van der Waals surface area contributed by atoms with Crippen LogP contribution in [-0.4, -0.2) is 56.3 Å². The van der Waals surface area contributed by atoms with Gasteiger partial charge in [-0.15, -0.1) is 0 Å². The van der Waals surface area contributed by atoms with Gasteiger partial charge in [0.2, 0.25) is 0 Å². The number of H-pyrrole nitrogens is 1. The molecule has 1 aliphatic heterocycles. The Morgan fingerprint density at radius 3 is 2.64 bits per heavy atom. The highest BCUT2D eigenvalue weighted by Crippen LogP contribution is 2.36. The normalized spacial score (nSPS) is 18.4. The lowest BCUT2D eigenvalue weighted by Crippen LogP contribution is -2.46. The van der Waals surface area contributed by atoms with E-state index in [1.165, 1.54) is 17.2 Å². The minimum absolute atomic E-state index is 0.0683. The lowest BCUT2D eigenvalue weighted by molar-refractivity contribution is -0.189. The standard InChI is InChI=1S/C30H25F5N6O/c1-40-14-20-10-18(5-7-26(20)39-40)28-22-11-19(6-8-27(22)37-38-28)29(42)36-12-17-9-21(30(33,34)35)15-41(13-17)16-23-24(31)3-2-4-25(23)32/h2-8,10-12,14,17,21H,9,13,15-16H2,1H3,(H,37,38). The molecule has 0 saturated carbocycles. The second-order valence-electron chi connectivity index (χ2n) is 10.6. The van der Waals surface area contributed by atoms with Gasteiger partial charge in [0.1, 0.15) is 11.6 Å². The molecule has 1 fully saturated rings. The zero-order chi connectivity index (χ0) is 29.6. The van der Waals surface area contributed by atoms with Gasteiger partial charge in [-0.05, 0) is 48.9 Å². The first kappa shape index (κ1) is 27.7. The Hall–Kier alpha value is -4.45. The number of nitrogens with one attached hydrogen (secondary N) is 1. The van der Waals surface area contributed by atoms with Gasteiger partial charge in [0.15, 0.2) is 0 Å². The van der Waals surface area contributed by atoms with Gasteiger partial charge in [-0.25, -0.2) is 13.8 Å². The van der Waals surface area contributed by atoms with Crippen molar-refractivity contribution in [1.82, 2.24) is 24.9 Å². The summed E-state index contributed by atoms with van der Waals surface area (Å²) in [6.07, 6.45) is -1.68. The molecule has 6 rings (SSSR count). The molecule has 42 heavy (non-hydrogen) atoms. The number of hydrogen-bond acceptors (Lipinski definition) is 4. The zero-order valence-electron chi connectivity index (χ0n) is 22.4. The van der Waals surface area contributed by atoms with Gasteiger partial charge in [0.25, 0.3) is 5.91 Å². The number of alkyl halides is 3. The number of benzene rings is 3. The monoisotopic (exact) mass is 580 g/mol. The fourth-order valence-corrected chi connectivity index (χ4v) is 5.52. The van der Waals surface area contributed by atoms with Gasteiger partial charge in [-0.3, -0.25) is 19.5 Å². The molecule has 3 heterocycles. The van der Waals surface area contributed by atoms with Crippen LogP contribution in [0.4, 0.5) is 22.0 Å². The van der Waals surface area contributed by atoms with Crippen molar-refractivity contribution in [3.8, 4) is 11.3 Å². The number of hydrogen-bond donors (Lipinski definition) is 1. The second kappa shape index (κ2) is 10.8. The van der Waals surface area contributed by atoms with Crippen LogP contribution in [0.5, 0.6) is 0 Å². The molecule has 3 aromatic carbocycles. The van der Waals surface area contributed by atoms with Gasteiger partial charge in [-0.2, -0.15) is 23.4 Å². The maximum atomic E-state index is 14.2. The Morgan fingerprint density at radius 1 is 1.10 bits per heavy atom. The molecule has 1 saturated heterocycles. The number of nitrogens with zero attached hydrogens (tertiary/aromatic N) is 5. The lowest BCUT2D eigenvalue weighted by Gasteiger charge is -2.37. The van der Waals surface area contributed by atoms with Crippen LogP contribution in [-0.2, 0) is 13.6 Å². The van der Waals surface area contributed by atoms with Gasteiger partial charge < -0.3 is 0 Å². The number of carbonyl (C=O) groups is 1. The molecule has 2 aromatic heterocycles. The van der Waals surface area contributed by atoms with Crippen molar-refractivity contribution in [1.29, 1.82) is 0 Å². The van der Waals surface area contributed by atoms with E-state index in [0.717, 1.165) is 28.6 Å². The van der Waals surface area contributed by atoms with Crippen molar-refractivity contribution in [2.45, 2.75) is 19.1 Å². The maximum absolute atomic E-state index is 14.2. The number of amides is 1. The van der Waals surface area contributed by atoms with E-state index in [-0.39, 0.29) is 30.6 Å². The van der Waals surface area contributed by atoms with Crippen molar-refractivity contribution in [2.24, 2.45) is 23.9 Å². The molecular weight excluding hydrogens is 555 g/mol. The van der Waals surface area contributed by atoms with Crippen LogP contribution in [0.25, 0.3) is 33.1 Å². The summed E-state index contributed by atoms with van der Waals surface area (Å²) in [6, 6.07) is 14.0. The maximum Gasteiger partial charge on any atom is 0.393 e. The van der Waals surface area contributed by atoms with Crippen molar-refractivity contribution >= 4 is 33.9 Å². The molecule has 1 aliphatic rings. The summed E-state index contributed by atoms with van der Waals surface area (Å²) < 4.78 is 71.3. The summed E-state index contributed by atoms with van der Waals surface area (Å²) in [6.45, 7) is -0.659. The molecule has 0 aliphatic carbocycles. The number of fused-ring (bicyclic) bond motifs is 2. The number of aryl methyl sites for hydroxylation is 1. The van der Waals surface area contributed by atoms with Gasteiger partial charge in [0.05, 0.1) is 22.6 Å². The Kier molecular flexibility index (Phi) is 7.09. The molecular formula is C30H25F5N6O. The van der Waals surface area contributed by atoms with Gasteiger partial charge in [-0.1, -0.05) is 12.1 Å². The van der Waals surface area contributed by atoms with E-state index in [1.807, 2.05) is 31.4 Å². The molecule has 2 unspecified atom stereocenters. The number of halogens is 5. The van der Waals surface area contributed by atoms with E-state index in [9.17, 15) is 26.7 Å².